The van der Waals surface area contributed by atoms with Crippen LogP contribution in [-0.4, -0.2) is 29.1 Å². The van der Waals surface area contributed by atoms with Crippen LogP contribution >= 0.6 is 11.6 Å². The maximum atomic E-state index is 11.8. The lowest BCUT2D eigenvalue weighted by molar-refractivity contribution is 0.0526. The number of benzene rings is 2. The first-order chi connectivity index (χ1) is 11.7. The molecule has 3 aromatic rings. The zero-order valence-corrected chi connectivity index (χ0v) is 14.1. The van der Waals surface area contributed by atoms with Crippen molar-refractivity contribution < 1.29 is 9.53 Å². The van der Waals surface area contributed by atoms with E-state index in [1.165, 1.54) is 5.56 Å². The topological polar surface area (TPSA) is 67.0 Å². The largest absolute Gasteiger partial charge is 0.462 e. The van der Waals surface area contributed by atoms with Crippen LogP contribution in [0.2, 0.25) is 5.02 Å². The van der Waals surface area contributed by atoms with Gasteiger partial charge >= 0.3 is 5.97 Å². The van der Waals surface area contributed by atoms with Gasteiger partial charge in [0.15, 0.2) is 0 Å². The summed E-state index contributed by atoms with van der Waals surface area (Å²) in [4.78, 5) is 19.4. The van der Waals surface area contributed by atoms with Crippen molar-refractivity contribution in [2.45, 2.75) is 13.3 Å². The highest BCUT2D eigenvalue weighted by Crippen LogP contribution is 2.17. The Balaban J connectivity index is 1.64. The number of aromatic amines is 1. The Morgan fingerprint density at radius 3 is 2.79 bits per heavy atom. The van der Waals surface area contributed by atoms with Crippen molar-refractivity contribution in [3.05, 3.63) is 58.6 Å². The van der Waals surface area contributed by atoms with E-state index >= 15 is 0 Å². The van der Waals surface area contributed by atoms with E-state index < -0.39 is 0 Å². The average Bonchev–Trinajstić information content (AvgIpc) is 2.98. The number of fused-ring (bicyclic) bond motifs is 1. The predicted molar refractivity (Wildman–Crippen MR) is 95.7 cm³/mol. The lowest BCUT2D eigenvalue weighted by Gasteiger charge is -2.03. The van der Waals surface area contributed by atoms with Crippen LogP contribution in [0.25, 0.3) is 11.0 Å². The smallest absolute Gasteiger partial charge is 0.338 e. The normalized spacial score (nSPS) is 10.8. The second-order valence-corrected chi connectivity index (χ2v) is 5.78. The number of nitrogens with zero attached hydrogens (tertiary/aromatic N) is 1. The van der Waals surface area contributed by atoms with Crippen molar-refractivity contribution >= 4 is 34.6 Å². The van der Waals surface area contributed by atoms with Crippen LogP contribution in [0.5, 0.6) is 0 Å². The number of esters is 1. The number of nitrogens with one attached hydrogen (secondary N) is 2. The molecule has 124 valence electrons. The molecule has 24 heavy (non-hydrogen) atoms. The van der Waals surface area contributed by atoms with Crippen LogP contribution in [0, 0.1) is 0 Å². The quantitative estimate of drug-likeness (QED) is 0.663. The number of carbonyl (C=O) groups is 1. The van der Waals surface area contributed by atoms with Gasteiger partial charge in [0.05, 0.1) is 23.2 Å². The van der Waals surface area contributed by atoms with Crippen molar-refractivity contribution in [3.63, 3.8) is 0 Å². The first-order valence-corrected chi connectivity index (χ1v) is 8.18. The standard InChI is InChI=1S/C18H18ClN3O2/c1-2-24-17(23)13-5-8-15-16(11-13)22-18(21-15)20-10-9-12-3-6-14(19)7-4-12/h3-8,11H,2,9-10H2,1H3,(H2,20,21,22). The zero-order valence-electron chi connectivity index (χ0n) is 13.3. The highest BCUT2D eigenvalue weighted by atomic mass is 35.5. The molecule has 0 fully saturated rings. The highest BCUT2D eigenvalue weighted by molar-refractivity contribution is 6.30. The van der Waals surface area contributed by atoms with Gasteiger partial charge in [0, 0.05) is 11.6 Å². The van der Waals surface area contributed by atoms with E-state index in [0.717, 1.165) is 29.0 Å². The molecule has 2 aromatic carbocycles. The van der Waals surface area contributed by atoms with E-state index in [0.29, 0.717) is 18.1 Å². The minimum absolute atomic E-state index is 0.328. The molecule has 2 N–H and O–H groups in total. The second kappa shape index (κ2) is 7.36. The summed E-state index contributed by atoms with van der Waals surface area (Å²) in [5.74, 6) is 0.353. The molecular weight excluding hydrogens is 326 g/mol. The first kappa shape index (κ1) is 16.3. The summed E-state index contributed by atoms with van der Waals surface area (Å²) in [7, 11) is 0. The van der Waals surface area contributed by atoms with Gasteiger partial charge in [-0.05, 0) is 49.2 Å². The van der Waals surface area contributed by atoms with E-state index in [1.54, 1.807) is 19.1 Å². The summed E-state index contributed by atoms with van der Waals surface area (Å²) in [5.41, 5.74) is 3.32. The summed E-state index contributed by atoms with van der Waals surface area (Å²) in [6, 6.07) is 13.1. The molecule has 0 aliphatic carbocycles. The van der Waals surface area contributed by atoms with Gasteiger partial charge in [-0.1, -0.05) is 23.7 Å². The Labute approximate surface area is 145 Å². The molecule has 0 unspecified atom stereocenters. The van der Waals surface area contributed by atoms with E-state index in [2.05, 4.69) is 15.3 Å². The Morgan fingerprint density at radius 2 is 2.04 bits per heavy atom. The number of anilines is 1. The van der Waals surface area contributed by atoms with Crippen molar-refractivity contribution in [1.82, 2.24) is 9.97 Å². The molecule has 0 bridgehead atoms. The molecule has 1 heterocycles. The van der Waals surface area contributed by atoms with Gasteiger partial charge in [0.25, 0.3) is 0 Å². The number of hydrogen-bond acceptors (Lipinski definition) is 4. The fourth-order valence-electron chi connectivity index (χ4n) is 2.41. The second-order valence-electron chi connectivity index (χ2n) is 5.34. The van der Waals surface area contributed by atoms with E-state index in [4.69, 9.17) is 16.3 Å². The molecule has 5 nitrogen and oxygen atoms in total. The Morgan fingerprint density at radius 1 is 1.25 bits per heavy atom. The maximum Gasteiger partial charge on any atom is 0.338 e. The number of H-pyrrole nitrogens is 1. The zero-order chi connectivity index (χ0) is 16.9. The molecule has 0 aliphatic rings. The first-order valence-electron chi connectivity index (χ1n) is 7.81. The maximum absolute atomic E-state index is 11.8. The van der Waals surface area contributed by atoms with E-state index in [-0.39, 0.29) is 5.97 Å². The highest BCUT2D eigenvalue weighted by Gasteiger charge is 2.09. The predicted octanol–water partition coefficient (Wildman–Crippen LogP) is 4.05. The molecule has 1 aromatic heterocycles. The third-order valence-electron chi connectivity index (χ3n) is 3.61. The number of imidazole rings is 1. The Hall–Kier alpha value is -2.53. The number of aromatic nitrogens is 2. The summed E-state index contributed by atoms with van der Waals surface area (Å²) < 4.78 is 5.01. The average molecular weight is 344 g/mol. The van der Waals surface area contributed by atoms with Crippen LogP contribution in [0.15, 0.2) is 42.5 Å². The molecule has 0 saturated heterocycles. The molecular formula is C18H18ClN3O2. The SMILES string of the molecule is CCOC(=O)c1ccc2nc(NCCc3ccc(Cl)cc3)[nH]c2c1. The van der Waals surface area contributed by atoms with Gasteiger partial charge in [-0.15, -0.1) is 0 Å². The summed E-state index contributed by atoms with van der Waals surface area (Å²) >= 11 is 5.88. The third kappa shape index (κ3) is 3.86. The number of halogens is 1. The fourth-order valence-corrected chi connectivity index (χ4v) is 2.54. The molecule has 0 amide bonds. The van der Waals surface area contributed by atoms with Crippen molar-refractivity contribution in [1.29, 1.82) is 0 Å². The van der Waals surface area contributed by atoms with Gasteiger partial charge in [-0.2, -0.15) is 0 Å². The van der Waals surface area contributed by atoms with Gasteiger partial charge in [0.1, 0.15) is 0 Å². The molecule has 0 saturated carbocycles. The van der Waals surface area contributed by atoms with Crippen molar-refractivity contribution in [2.24, 2.45) is 0 Å². The Kier molecular flexibility index (Phi) is 5.01. The lowest BCUT2D eigenvalue weighted by atomic mass is 10.1. The van der Waals surface area contributed by atoms with Crippen molar-refractivity contribution in [2.75, 3.05) is 18.5 Å². The number of hydrogen-bond donors (Lipinski definition) is 2. The van der Waals surface area contributed by atoms with Crippen LogP contribution in [0.3, 0.4) is 0 Å². The summed E-state index contributed by atoms with van der Waals surface area (Å²) in [6.07, 6.45) is 0.863. The molecule has 0 atom stereocenters. The number of rotatable bonds is 6. The molecule has 0 radical (unpaired) electrons. The summed E-state index contributed by atoms with van der Waals surface area (Å²) in [6.45, 7) is 2.89. The third-order valence-corrected chi connectivity index (χ3v) is 3.86. The Bertz CT molecular complexity index is 843. The molecule has 3 rings (SSSR count). The van der Waals surface area contributed by atoms with Crippen molar-refractivity contribution in [3.8, 4) is 0 Å². The van der Waals surface area contributed by atoms with Gasteiger partial charge in [0.2, 0.25) is 5.95 Å². The van der Waals surface area contributed by atoms with Crippen LogP contribution in [0.4, 0.5) is 5.95 Å². The van der Waals surface area contributed by atoms with E-state index in [1.807, 2.05) is 30.3 Å². The molecule has 0 spiro atoms. The lowest BCUT2D eigenvalue weighted by Crippen LogP contribution is -2.05. The number of carbonyl (C=O) groups excluding carboxylic acids is 1. The minimum atomic E-state index is -0.328. The van der Waals surface area contributed by atoms with Crippen LogP contribution in [-0.2, 0) is 11.2 Å². The van der Waals surface area contributed by atoms with E-state index in [9.17, 15) is 4.79 Å². The minimum Gasteiger partial charge on any atom is -0.462 e. The van der Waals surface area contributed by atoms with Gasteiger partial charge in [-0.3, -0.25) is 0 Å². The van der Waals surface area contributed by atoms with Gasteiger partial charge in [-0.25, -0.2) is 9.78 Å². The monoisotopic (exact) mass is 343 g/mol. The number of ether oxygens (including phenoxy) is 1. The molecule has 0 aliphatic heterocycles. The van der Waals surface area contributed by atoms with Crippen LogP contribution in [0.1, 0.15) is 22.8 Å². The fraction of sp³-hybridized carbons (Fsp3) is 0.222. The summed E-state index contributed by atoms with van der Waals surface area (Å²) in [5, 5.41) is 3.99. The molecule has 6 heteroatoms. The van der Waals surface area contributed by atoms with Crippen LogP contribution < -0.4 is 5.32 Å². The van der Waals surface area contributed by atoms with Gasteiger partial charge < -0.3 is 15.0 Å².